The van der Waals surface area contributed by atoms with Gasteiger partial charge in [-0.3, -0.25) is 9.59 Å². The lowest BCUT2D eigenvalue weighted by molar-refractivity contribution is -0.153. The molecule has 5 rings (SSSR count). The number of carbonyl (C=O) groups excluding carboxylic acids is 2. The smallest absolute Gasteiger partial charge is 0.306 e. The Hall–Kier alpha value is -5.24. The Morgan fingerprint density at radius 2 is 0.922 bits per heavy atom. The summed E-state index contributed by atoms with van der Waals surface area (Å²) in [5.74, 6) is 2.11. The molecule has 0 aliphatic heterocycles. The van der Waals surface area contributed by atoms with Crippen LogP contribution in [-0.4, -0.2) is 50.6 Å². The Labute approximate surface area is 300 Å². The van der Waals surface area contributed by atoms with Crippen molar-refractivity contribution >= 4 is 33.5 Å². The Bertz CT molecular complexity index is 1840. The van der Waals surface area contributed by atoms with Crippen LogP contribution in [0.1, 0.15) is 57.9 Å². The first-order chi connectivity index (χ1) is 24.9. The second-order valence-corrected chi connectivity index (χ2v) is 12.6. The van der Waals surface area contributed by atoms with Crippen molar-refractivity contribution < 1.29 is 38.0 Å². The van der Waals surface area contributed by atoms with Crippen molar-refractivity contribution in [3.8, 4) is 23.0 Å². The second kappa shape index (κ2) is 19.2. The number of unbranched alkanes of at least 4 members (excludes halogenated alkanes) is 2. The Kier molecular flexibility index (Phi) is 14.0. The number of rotatable bonds is 20. The van der Waals surface area contributed by atoms with E-state index in [4.69, 9.17) is 28.4 Å². The molecule has 0 aromatic heterocycles. The van der Waals surface area contributed by atoms with Crippen molar-refractivity contribution in [1.29, 1.82) is 0 Å². The zero-order valence-electron chi connectivity index (χ0n) is 29.8. The molecule has 0 fully saturated rings. The van der Waals surface area contributed by atoms with Crippen molar-refractivity contribution in [3.63, 3.8) is 0 Å². The highest BCUT2D eigenvalue weighted by atomic mass is 16.6. The van der Waals surface area contributed by atoms with Gasteiger partial charge in [0.2, 0.25) is 0 Å². The fourth-order valence-electron chi connectivity index (χ4n) is 5.65. The first-order valence-corrected chi connectivity index (χ1v) is 17.9. The van der Waals surface area contributed by atoms with Gasteiger partial charge in [-0.25, -0.2) is 0 Å². The molecule has 268 valence electrons. The SMILES string of the molecule is CCCCC(=O)OC(COc1ccccc1)COc1c2ccccc2c(OCC(COc2ccccc2)OC(=O)CCCC)c2cc(C)ccc12. The molecule has 51 heavy (non-hydrogen) atoms. The zero-order chi connectivity index (χ0) is 35.8. The Balaban J connectivity index is 1.42. The summed E-state index contributed by atoms with van der Waals surface area (Å²) in [5.41, 5.74) is 1.04. The molecule has 5 aromatic carbocycles. The lowest BCUT2D eigenvalue weighted by Gasteiger charge is -2.23. The summed E-state index contributed by atoms with van der Waals surface area (Å²) in [7, 11) is 0. The zero-order valence-corrected chi connectivity index (χ0v) is 29.8. The molecule has 0 N–H and O–H groups in total. The summed E-state index contributed by atoms with van der Waals surface area (Å²) in [4.78, 5) is 25.5. The van der Waals surface area contributed by atoms with Crippen LogP contribution in [0.3, 0.4) is 0 Å². The molecule has 0 saturated carbocycles. The molecule has 8 heteroatoms. The van der Waals surface area contributed by atoms with Crippen LogP contribution in [0.5, 0.6) is 23.0 Å². The molecule has 0 aliphatic rings. The third-order valence-electron chi connectivity index (χ3n) is 8.33. The Morgan fingerprint density at radius 3 is 1.39 bits per heavy atom. The van der Waals surface area contributed by atoms with Gasteiger partial charge in [0, 0.05) is 34.4 Å². The standard InChI is InChI=1S/C43H48O8/c1-4-6-22-40(44)50-34(27-46-32-16-10-8-11-17-32)29-48-42-36-20-14-15-21-37(36)43(39-26-31(3)24-25-38(39)42)49-30-35(51-41(45)23-7-5-2)28-47-33-18-12-9-13-19-33/h8-21,24-26,34-35H,4-7,22-23,27-30H2,1-3H3. The maximum atomic E-state index is 12.7. The van der Waals surface area contributed by atoms with Crippen LogP contribution in [0.2, 0.25) is 0 Å². The molecular weight excluding hydrogens is 644 g/mol. The number of para-hydroxylation sites is 2. The summed E-state index contributed by atoms with van der Waals surface area (Å²) in [6.45, 7) is 6.56. The van der Waals surface area contributed by atoms with E-state index in [0.717, 1.165) is 52.8 Å². The van der Waals surface area contributed by atoms with Gasteiger partial charge in [0.15, 0.2) is 12.2 Å². The third kappa shape index (κ3) is 10.9. The van der Waals surface area contributed by atoms with Crippen molar-refractivity contribution in [1.82, 2.24) is 0 Å². The van der Waals surface area contributed by atoms with E-state index in [1.54, 1.807) is 0 Å². The molecule has 0 radical (unpaired) electrons. The average Bonchev–Trinajstić information content (AvgIpc) is 3.16. The molecule has 8 nitrogen and oxygen atoms in total. The monoisotopic (exact) mass is 692 g/mol. The van der Waals surface area contributed by atoms with Crippen LogP contribution >= 0.6 is 0 Å². The highest BCUT2D eigenvalue weighted by molar-refractivity contribution is 6.11. The van der Waals surface area contributed by atoms with Crippen molar-refractivity contribution in [2.24, 2.45) is 0 Å². The first-order valence-electron chi connectivity index (χ1n) is 17.9. The van der Waals surface area contributed by atoms with Gasteiger partial charge in [-0.05, 0) is 50.1 Å². The molecule has 2 atom stereocenters. The number of aryl methyl sites for hydroxylation is 1. The number of ether oxygens (including phenoxy) is 6. The maximum Gasteiger partial charge on any atom is 0.306 e. The van der Waals surface area contributed by atoms with Crippen LogP contribution < -0.4 is 18.9 Å². The molecule has 0 amide bonds. The van der Waals surface area contributed by atoms with E-state index in [2.05, 4.69) is 6.07 Å². The molecule has 5 aromatic rings. The van der Waals surface area contributed by atoms with E-state index >= 15 is 0 Å². The summed E-state index contributed by atoms with van der Waals surface area (Å²) >= 11 is 0. The van der Waals surface area contributed by atoms with E-state index in [-0.39, 0.29) is 38.4 Å². The lowest BCUT2D eigenvalue weighted by Crippen LogP contribution is -2.31. The first kappa shape index (κ1) is 37.0. The quantitative estimate of drug-likeness (QED) is 0.0589. The number of benzene rings is 5. The number of carbonyl (C=O) groups is 2. The summed E-state index contributed by atoms with van der Waals surface area (Å²) in [6.07, 6.45) is 2.67. The fraction of sp³-hybridized carbons (Fsp3) is 0.349. The van der Waals surface area contributed by atoms with Crippen molar-refractivity contribution in [3.05, 3.63) is 109 Å². The van der Waals surface area contributed by atoms with Gasteiger partial charge >= 0.3 is 11.9 Å². The van der Waals surface area contributed by atoms with Crippen LogP contribution in [0.15, 0.2) is 103 Å². The number of hydrogen-bond donors (Lipinski definition) is 0. The molecular formula is C43H48O8. The van der Waals surface area contributed by atoms with Gasteiger partial charge in [0.25, 0.3) is 0 Å². The predicted molar refractivity (Wildman–Crippen MR) is 200 cm³/mol. The van der Waals surface area contributed by atoms with E-state index in [1.165, 1.54) is 0 Å². The molecule has 0 spiro atoms. The van der Waals surface area contributed by atoms with E-state index in [0.29, 0.717) is 35.8 Å². The highest BCUT2D eigenvalue weighted by Gasteiger charge is 2.23. The molecule has 0 heterocycles. The summed E-state index contributed by atoms with van der Waals surface area (Å²) in [6, 6.07) is 32.9. The Morgan fingerprint density at radius 1 is 0.510 bits per heavy atom. The molecule has 0 aliphatic carbocycles. The summed E-state index contributed by atoms with van der Waals surface area (Å²) in [5, 5.41) is 3.36. The maximum absolute atomic E-state index is 12.7. The highest BCUT2D eigenvalue weighted by Crippen LogP contribution is 2.43. The topological polar surface area (TPSA) is 89.5 Å². The minimum Gasteiger partial charge on any atom is -0.490 e. The van der Waals surface area contributed by atoms with Crippen LogP contribution in [0.4, 0.5) is 0 Å². The van der Waals surface area contributed by atoms with Crippen LogP contribution in [-0.2, 0) is 19.1 Å². The third-order valence-corrected chi connectivity index (χ3v) is 8.33. The minimum absolute atomic E-state index is 0.0878. The number of esters is 2. The largest absolute Gasteiger partial charge is 0.490 e. The minimum atomic E-state index is -0.642. The second-order valence-electron chi connectivity index (χ2n) is 12.6. The molecule has 0 bridgehead atoms. The van der Waals surface area contributed by atoms with Gasteiger partial charge < -0.3 is 28.4 Å². The number of hydrogen-bond acceptors (Lipinski definition) is 8. The van der Waals surface area contributed by atoms with Gasteiger partial charge in [-0.15, -0.1) is 0 Å². The van der Waals surface area contributed by atoms with E-state index in [1.807, 2.05) is 118 Å². The molecule has 2 unspecified atom stereocenters. The average molecular weight is 693 g/mol. The fourth-order valence-corrected chi connectivity index (χ4v) is 5.65. The van der Waals surface area contributed by atoms with Crippen LogP contribution in [0.25, 0.3) is 21.5 Å². The van der Waals surface area contributed by atoms with Crippen molar-refractivity contribution in [2.75, 3.05) is 26.4 Å². The van der Waals surface area contributed by atoms with Gasteiger partial charge in [-0.2, -0.15) is 0 Å². The van der Waals surface area contributed by atoms with E-state index in [9.17, 15) is 9.59 Å². The normalized spacial score (nSPS) is 12.2. The summed E-state index contributed by atoms with van der Waals surface area (Å²) < 4.78 is 36.9. The van der Waals surface area contributed by atoms with Gasteiger partial charge in [0.05, 0.1) is 0 Å². The van der Waals surface area contributed by atoms with Gasteiger partial charge in [-0.1, -0.05) is 105 Å². The number of fused-ring (bicyclic) bond motifs is 2. The predicted octanol–water partition coefficient (Wildman–Crippen LogP) is 9.42. The van der Waals surface area contributed by atoms with Gasteiger partial charge in [0.1, 0.15) is 49.4 Å². The molecule has 0 saturated heterocycles. The lowest BCUT2D eigenvalue weighted by atomic mass is 9.99. The van der Waals surface area contributed by atoms with Crippen molar-refractivity contribution in [2.45, 2.75) is 71.5 Å². The van der Waals surface area contributed by atoms with E-state index < -0.39 is 12.2 Å². The van der Waals surface area contributed by atoms with Crippen LogP contribution in [0, 0.1) is 6.92 Å².